The number of phenolic OH excluding ortho intramolecular Hbond substituents is 1. The van der Waals surface area contributed by atoms with Gasteiger partial charge in [0.25, 0.3) is 0 Å². The second kappa shape index (κ2) is 33.7. The molecule has 2 aromatic carbocycles. The topological polar surface area (TPSA) is 459 Å². The van der Waals surface area contributed by atoms with Crippen LogP contribution in [0.3, 0.4) is 0 Å². The van der Waals surface area contributed by atoms with E-state index in [1.807, 2.05) is 0 Å². The lowest BCUT2D eigenvalue weighted by molar-refractivity contribution is -0.147. The Morgan fingerprint density at radius 1 is 0.732 bits per heavy atom. The molecule has 0 spiro atoms. The van der Waals surface area contributed by atoms with Crippen molar-refractivity contribution >= 4 is 62.9 Å². The minimum Gasteiger partial charge on any atom is -0.504 e. The Morgan fingerprint density at radius 3 is 2.05 bits per heavy atom. The third-order valence-corrected chi connectivity index (χ3v) is 21.5. The Labute approximate surface area is 567 Å². The van der Waals surface area contributed by atoms with E-state index in [4.69, 9.17) is 0 Å². The molecule has 0 radical (unpaired) electrons. The molecule has 2 aliphatic carbocycles. The fourth-order valence-corrected chi connectivity index (χ4v) is 15.6. The van der Waals surface area contributed by atoms with Crippen LogP contribution in [0.5, 0.6) is 11.5 Å². The number of aliphatic hydroxyl groups is 8. The molecule has 3 aromatic rings. The first-order valence-corrected chi connectivity index (χ1v) is 35.8. The monoisotopic (exact) mass is 1400 g/mol. The normalized spacial score (nSPS) is 30.5. The van der Waals surface area contributed by atoms with Crippen LogP contribution in [0.25, 0.3) is 10.6 Å². The molecule has 6 amide bonds. The van der Waals surface area contributed by atoms with Crippen molar-refractivity contribution in [3.8, 4) is 22.1 Å². The van der Waals surface area contributed by atoms with Gasteiger partial charge >= 0.3 is 10.4 Å². The number of carbonyl (C=O) groups excluding carboxylic acids is 6. The van der Waals surface area contributed by atoms with Gasteiger partial charge in [-0.3, -0.25) is 38.2 Å². The molecule has 9 rings (SSSR count). The standard InChI is InChI=1S/C64H96N12O19S2/c1-34-4-13-42(14-5-34)73-20-22-74(23-21-73)43-15-11-40(12-16-43)62-72-71-61(96-62)39-9-6-37(7-10-39)28-66-46-26-44(80)29-67-60(89)55-56(85)35(2)30-76(55)64(91)54(49(83)18-19-65-41(32-77)33-78)70-59(88)53(50(84)24-38-8-17-48(82)51(25-38)95-97(92,93)94)69-58(87)47-27-45(81)31-75(47)63(90)52(36(3)79)68-57(46)86/h8,11-12,15-17,25,34-37,39,41-42,44-47,49-50,52-56,65-66,77-85H,4-7,9-10,13-14,18-24,26-33H2,1-3H3,(H,67,89)(H,68,86)(H,69,87)(H,70,88)(H,92,93,94)/t34?,35-,36+,37?,39?,42?,44+,45+,46-,47-,49+,50+,52-,53-,54-,55-,56-/m0/s1. The summed E-state index contributed by atoms with van der Waals surface area (Å²) in [6.07, 6.45) is -4.10. The highest BCUT2D eigenvalue weighted by Gasteiger charge is 2.50. The third kappa shape index (κ3) is 19.4. The Morgan fingerprint density at radius 2 is 1.39 bits per heavy atom. The maximum Gasteiger partial charge on any atom is 0.446 e. The second-order valence-corrected chi connectivity index (χ2v) is 29.2. The van der Waals surface area contributed by atoms with E-state index in [0.29, 0.717) is 18.9 Å². The van der Waals surface area contributed by atoms with Crippen molar-refractivity contribution in [1.82, 2.24) is 56.8 Å². The van der Waals surface area contributed by atoms with Crippen molar-refractivity contribution < 1.29 is 91.9 Å². The van der Waals surface area contributed by atoms with E-state index in [9.17, 15) is 87.7 Å². The summed E-state index contributed by atoms with van der Waals surface area (Å²) in [5, 5.41) is 126. The molecule has 33 heteroatoms. The number of nitrogens with zero attached hydrogens (tertiary/aromatic N) is 6. The average molecular weight is 1400 g/mol. The number of fused-ring (bicyclic) bond motifs is 2. The molecule has 5 heterocycles. The summed E-state index contributed by atoms with van der Waals surface area (Å²) in [5.41, 5.74) is 2.08. The fourth-order valence-electron chi connectivity index (χ4n) is 14.2. The van der Waals surface area contributed by atoms with Gasteiger partial charge in [0.15, 0.2) is 11.5 Å². The molecule has 0 unspecified atom stereocenters. The van der Waals surface area contributed by atoms with Crippen molar-refractivity contribution in [3.05, 3.63) is 53.0 Å². The van der Waals surface area contributed by atoms with E-state index >= 15 is 0 Å². The molecule has 31 nitrogen and oxygen atoms in total. The molecule has 6 fully saturated rings. The summed E-state index contributed by atoms with van der Waals surface area (Å²) in [6, 6.07) is 0.435. The minimum atomic E-state index is -5.22. The number of hydrogen-bond acceptors (Lipinski definition) is 25. The number of aromatic hydroxyl groups is 1. The average Bonchev–Trinajstić information content (AvgIpc) is 1.70. The SMILES string of the molecule is CC1CCC(N2CCN(c3ccc(-c4nnc(C5CCC(CN[C@H]6C[C@@H](O)CNC(=O)[C@@H]7[C@@H](O)[C@@H](C)CN7C(=O)[C@H]([C@H](O)CCNC(CO)CO)NC(=O)[C@H]([C@H](O)Cc7ccc(O)c(OS(=O)(=O)O)c7)NC(=O)[C@@H]7C[C@@H](O)CN7C(=O)[C@H]([C@@H](C)O)NC6=O)CC5)s4)cc3)CC2)CC1. The number of anilines is 1. The summed E-state index contributed by atoms with van der Waals surface area (Å²) in [5.74, 6) is -8.17. The Kier molecular flexibility index (Phi) is 26.0. The zero-order valence-corrected chi connectivity index (χ0v) is 56.5. The van der Waals surface area contributed by atoms with Gasteiger partial charge in [0, 0.05) is 87.8 Å². The van der Waals surface area contributed by atoms with Crippen molar-refractivity contribution in [2.45, 2.75) is 189 Å². The molecular formula is C64H96N12O19S2. The maximum atomic E-state index is 15.0. The first-order chi connectivity index (χ1) is 46.2. The molecule has 4 saturated heterocycles. The summed E-state index contributed by atoms with van der Waals surface area (Å²) >= 11 is 1.56. The van der Waals surface area contributed by atoms with Crippen LogP contribution in [0.4, 0.5) is 5.69 Å². The molecule has 6 aliphatic rings. The van der Waals surface area contributed by atoms with E-state index in [1.165, 1.54) is 45.2 Å². The van der Waals surface area contributed by atoms with Crippen LogP contribution in [0.15, 0.2) is 42.5 Å². The first kappa shape index (κ1) is 74.9. The van der Waals surface area contributed by atoms with E-state index in [2.05, 4.69) is 87.3 Å². The highest BCUT2D eigenvalue weighted by Crippen LogP contribution is 2.39. The predicted octanol–water partition coefficient (Wildman–Crippen LogP) is -2.79. The minimum absolute atomic E-state index is 0.00565. The van der Waals surface area contributed by atoms with Crippen LogP contribution in [0, 0.1) is 17.8 Å². The van der Waals surface area contributed by atoms with Crippen molar-refractivity contribution in [2.75, 3.05) is 77.0 Å². The van der Waals surface area contributed by atoms with Crippen LogP contribution in [0.1, 0.15) is 108 Å². The molecule has 16 N–H and O–H groups in total. The summed E-state index contributed by atoms with van der Waals surface area (Å²) in [6.45, 7) is 6.66. The zero-order valence-electron chi connectivity index (χ0n) is 54.8. The lowest BCUT2D eigenvalue weighted by Gasteiger charge is -2.42. The van der Waals surface area contributed by atoms with Crippen LogP contribution in [-0.4, -0.2) is 276 Å². The van der Waals surface area contributed by atoms with E-state index in [1.54, 1.807) is 11.3 Å². The highest BCUT2D eigenvalue weighted by molar-refractivity contribution is 7.81. The first-order valence-electron chi connectivity index (χ1n) is 33.7. The molecule has 2 saturated carbocycles. The number of piperazine rings is 1. The van der Waals surface area contributed by atoms with Crippen LogP contribution in [0.2, 0.25) is 0 Å². The number of phenols is 1. The number of aromatic nitrogens is 2. The molecule has 0 bridgehead atoms. The molecule has 97 heavy (non-hydrogen) atoms. The molecule has 4 aliphatic heterocycles. The van der Waals surface area contributed by atoms with E-state index in [0.717, 1.165) is 88.5 Å². The summed E-state index contributed by atoms with van der Waals surface area (Å²) < 4.78 is 37.1. The van der Waals surface area contributed by atoms with Gasteiger partial charge in [0.2, 0.25) is 35.4 Å². The molecule has 13 atom stereocenters. The number of rotatable bonds is 20. The molecule has 1 aromatic heterocycles. The van der Waals surface area contributed by atoms with Gasteiger partial charge in [-0.15, -0.1) is 10.2 Å². The third-order valence-electron chi connectivity index (χ3n) is 20.0. The number of benzene rings is 2. The molecule has 538 valence electrons. The number of nitrogens with one attached hydrogen (secondary N) is 6. The van der Waals surface area contributed by atoms with Crippen molar-refractivity contribution in [1.29, 1.82) is 0 Å². The quantitative estimate of drug-likeness (QED) is 0.0508. The van der Waals surface area contributed by atoms with Gasteiger partial charge in [0.05, 0.1) is 61.9 Å². The Bertz CT molecular complexity index is 3270. The van der Waals surface area contributed by atoms with Crippen LogP contribution >= 0.6 is 11.3 Å². The summed E-state index contributed by atoms with van der Waals surface area (Å²) in [7, 11) is -5.22. The number of hydrogen-bond donors (Lipinski definition) is 16. The lowest BCUT2D eigenvalue weighted by Crippen LogP contribution is -2.64. The number of carbonyl (C=O) groups is 6. The van der Waals surface area contributed by atoms with E-state index in [-0.39, 0.29) is 37.0 Å². The zero-order chi connectivity index (χ0) is 70.0. The molecular weight excluding hydrogens is 1300 g/mol. The van der Waals surface area contributed by atoms with Crippen molar-refractivity contribution in [3.63, 3.8) is 0 Å². The van der Waals surface area contributed by atoms with Gasteiger partial charge < -0.3 is 96.7 Å². The maximum absolute atomic E-state index is 15.0. The Hall–Kier alpha value is -6.31. The number of aliphatic hydroxyl groups excluding tert-OH is 8. The lowest BCUT2D eigenvalue weighted by atomic mass is 9.82. The fraction of sp³-hybridized carbons (Fsp3) is 0.688. The second-order valence-electron chi connectivity index (χ2n) is 27.2. The van der Waals surface area contributed by atoms with Crippen molar-refractivity contribution in [2.24, 2.45) is 17.8 Å². The van der Waals surface area contributed by atoms with Gasteiger partial charge in [-0.1, -0.05) is 31.3 Å². The van der Waals surface area contributed by atoms with E-state index < -0.39 is 194 Å². The largest absolute Gasteiger partial charge is 0.504 e. The van der Waals surface area contributed by atoms with Gasteiger partial charge in [-0.25, -0.2) is 0 Å². The number of amides is 6. The predicted molar refractivity (Wildman–Crippen MR) is 352 cm³/mol. The smallest absolute Gasteiger partial charge is 0.446 e. The van der Waals surface area contributed by atoms with Gasteiger partial charge in [-0.2, -0.15) is 8.42 Å². The summed E-state index contributed by atoms with van der Waals surface area (Å²) in [4.78, 5) is 95.1. The van der Waals surface area contributed by atoms with Gasteiger partial charge in [0.1, 0.15) is 40.2 Å². The van der Waals surface area contributed by atoms with Crippen LogP contribution < -0.4 is 41.0 Å². The Balaban J connectivity index is 0.927. The number of β-amino-alcohol motifs (C(OH)–C–C–N with tert-alkyl or cyclic N) is 1. The van der Waals surface area contributed by atoms with Gasteiger partial charge in [-0.05, 0) is 138 Å². The highest BCUT2D eigenvalue weighted by atomic mass is 32.3. The van der Waals surface area contributed by atoms with Crippen LogP contribution in [-0.2, 0) is 45.6 Å².